The lowest BCUT2D eigenvalue weighted by molar-refractivity contribution is -0.0987. The van der Waals surface area contributed by atoms with Crippen LogP contribution in [0, 0.1) is 12.7 Å². The number of aromatic nitrogens is 4. The first kappa shape index (κ1) is 27.5. The van der Waals surface area contributed by atoms with Crippen LogP contribution >= 0.6 is 23.2 Å². The van der Waals surface area contributed by atoms with Crippen molar-refractivity contribution >= 4 is 53.6 Å². The number of pyridine rings is 3. The number of halogens is 3. The molecule has 0 aliphatic carbocycles. The second-order valence-corrected chi connectivity index (χ2v) is 7.56. The minimum Gasteiger partial charge on any atom is -0.487 e. The van der Waals surface area contributed by atoms with Gasteiger partial charge in [0.15, 0.2) is 0 Å². The van der Waals surface area contributed by atoms with Crippen molar-refractivity contribution < 1.29 is 23.5 Å². The third-order valence-corrected chi connectivity index (χ3v) is 5.31. The molecule has 0 unspecified atom stereocenters. The molecule has 0 fully saturated rings. The lowest BCUT2D eigenvalue weighted by atomic mass is 10.2. The highest BCUT2D eigenvalue weighted by atomic mass is 35.5. The number of fused-ring (bicyclic) bond motifs is 1. The molecule has 0 aromatic carbocycles. The summed E-state index contributed by atoms with van der Waals surface area (Å²) in [5.74, 6) is 0.663. The fraction of sp³-hybridized carbons (Fsp3) is 0.174. The summed E-state index contributed by atoms with van der Waals surface area (Å²) in [4.78, 5) is 31.5. The topological polar surface area (TPSA) is 119 Å². The first-order valence-electron chi connectivity index (χ1n) is 9.85. The average molecular weight is 522 g/mol. The van der Waals surface area contributed by atoms with Crippen molar-refractivity contribution in [2.45, 2.75) is 20.1 Å². The van der Waals surface area contributed by atoms with E-state index in [2.05, 4.69) is 25.3 Å². The third kappa shape index (κ3) is 6.65. The van der Waals surface area contributed by atoms with Crippen LogP contribution in [0.15, 0.2) is 36.9 Å². The van der Waals surface area contributed by atoms with Gasteiger partial charge in [0.2, 0.25) is 5.88 Å². The number of H-pyrrole nitrogens is 1. The Hall–Kier alpha value is -3.76. The summed E-state index contributed by atoms with van der Waals surface area (Å²) >= 11 is 12.4. The summed E-state index contributed by atoms with van der Waals surface area (Å²) in [7, 11) is 1.51. The highest BCUT2D eigenvalue weighted by molar-refractivity contribution is 6.33. The number of rotatable bonds is 7. The van der Waals surface area contributed by atoms with Crippen LogP contribution in [0.3, 0.4) is 0 Å². The normalized spacial score (nSPS) is 9.97. The van der Waals surface area contributed by atoms with E-state index in [1.54, 1.807) is 12.3 Å². The maximum absolute atomic E-state index is 14.4. The second kappa shape index (κ2) is 13.2. The number of nitrogens with one attached hydrogen (secondary N) is 2. The van der Waals surface area contributed by atoms with Gasteiger partial charge >= 0.3 is 0 Å². The van der Waals surface area contributed by atoms with E-state index in [-0.39, 0.29) is 23.7 Å². The second-order valence-electron chi connectivity index (χ2n) is 6.75. The summed E-state index contributed by atoms with van der Waals surface area (Å²) in [6.07, 6.45) is 6.02. The number of anilines is 1. The summed E-state index contributed by atoms with van der Waals surface area (Å²) in [6, 6.07) is 3.56. The standard InChI is InChI=1S/C21H18Cl2FN5O2.2CH2O/c1-11-5-25-19-15(11)4-14(8-27-19)31-10-16-17(24)9-28-20(18(16)23)26-6-12-3-13(22)7-29-21(12)30-2;2*1-2/h3-5,7-9H,6,10H2,1-2H3,(H,25,27)(H,26,28);2*1H2. The molecule has 0 saturated heterocycles. The molecule has 4 aromatic rings. The predicted octanol–water partition coefficient (Wildman–Crippen LogP) is 4.94. The van der Waals surface area contributed by atoms with Crippen LogP contribution in [-0.4, -0.2) is 40.6 Å². The van der Waals surface area contributed by atoms with E-state index < -0.39 is 5.82 Å². The quantitative estimate of drug-likeness (QED) is 0.351. The first-order valence-corrected chi connectivity index (χ1v) is 10.6. The number of ether oxygens (including phenoxy) is 2. The summed E-state index contributed by atoms with van der Waals surface area (Å²) in [5, 5.41) is 4.59. The summed E-state index contributed by atoms with van der Waals surface area (Å²) < 4.78 is 25.4. The Kier molecular flexibility index (Phi) is 10.4. The molecule has 0 aliphatic heterocycles. The number of nitrogens with zero attached hydrogens (tertiary/aromatic N) is 3. The van der Waals surface area contributed by atoms with Crippen LogP contribution in [0.2, 0.25) is 10.0 Å². The first-order chi connectivity index (χ1) is 17.0. The van der Waals surface area contributed by atoms with Crippen molar-refractivity contribution in [3.05, 3.63) is 69.5 Å². The molecule has 0 radical (unpaired) electrons. The van der Waals surface area contributed by atoms with E-state index in [1.807, 2.05) is 32.8 Å². The molecule has 4 aromatic heterocycles. The molecule has 0 spiro atoms. The Morgan fingerprint density at radius 2 is 1.83 bits per heavy atom. The van der Waals surface area contributed by atoms with Crippen molar-refractivity contribution in [1.29, 1.82) is 0 Å². The Morgan fingerprint density at radius 1 is 1.09 bits per heavy atom. The molecule has 2 N–H and O–H groups in total. The molecule has 4 heterocycles. The molecule has 0 saturated carbocycles. The van der Waals surface area contributed by atoms with E-state index in [9.17, 15) is 4.39 Å². The molecule has 9 nitrogen and oxygen atoms in total. The number of aromatic amines is 1. The maximum atomic E-state index is 14.4. The number of carbonyl (C=O) groups is 2. The molecule has 184 valence electrons. The van der Waals surface area contributed by atoms with Crippen LogP contribution in [0.1, 0.15) is 16.7 Å². The molecule has 0 atom stereocenters. The van der Waals surface area contributed by atoms with Gasteiger partial charge in [0, 0.05) is 35.5 Å². The van der Waals surface area contributed by atoms with Gasteiger partial charge in [-0.2, -0.15) is 0 Å². The highest BCUT2D eigenvalue weighted by Crippen LogP contribution is 2.29. The van der Waals surface area contributed by atoms with Crippen molar-refractivity contribution in [1.82, 2.24) is 19.9 Å². The SMILES string of the molecule is C=O.C=O.COc1ncc(Cl)cc1CNc1ncc(F)c(COc2cnc3[nH]cc(C)c3c2)c1Cl. The Morgan fingerprint density at radius 3 is 2.54 bits per heavy atom. The van der Waals surface area contributed by atoms with E-state index in [0.29, 0.717) is 28.0 Å². The minimum atomic E-state index is -0.565. The molecule has 0 aliphatic rings. The van der Waals surface area contributed by atoms with Gasteiger partial charge in [0.25, 0.3) is 0 Å². The molecular weight excluding hydrogens is 500 g/mol. The van der Waals surface area contributed by atoms with Crippen LogP contribution in [0.5, 0.6) is 11.6 Å². The van der Waals surface area contributed by atoms with E-state index in [0.717, 1.165) is 22.8 Å². The van der Waals surface area contributed by atoms with E-state index >= 15 is 0 Å². The van der Waals surface area contributed by atoms with Crippen molar-refractivity contribution in [3.8, 4) is 11.6 Å². The van der Waals surface area contributed by atoms with Gasteiger partial charge < -0.3 is 29.4 Å². The number of methoxy groups -OCH3 is 1. The minimum absolute atomic E-state index is 0.0828. The fourth-order valence-corrected chi connectivity index (χ4v) is 3.51. The van der Waals surface area contributed by atoms with Crippen LogP contribution < -0.4 is 14.8 Å². The van der Waals surface area contributed by atoms with E-state index in [4.69, 9.17) is 42.3 Å². The van der Waals surface area contributed by atoms with Crippen LogP contribution in [-0.2, 0) is 22.7 Å². The molecule has 0 amide bonds. The Labute approximate surface area is 210 Å². The van der Waals surface area contributed by atoms with E-state index in [1.165, 1.54) is 13.3 Å². The predicted molar refractivity (Wildman–Crippen MR) is 132 cm³/mol. The maximum Gasteiger partial charge on any atom is 0.218 e. The average Bonchev–Trinajstić information content (AvgIpc) is 3.26. The van der Waals surface area contributed by atoms with Crippen molar-refractivity contribution in [3.63, 3.8) is 0 Å². The zero-order valence-corrected chi connectivity index (χ0v) is 20.4. The Bertz CT molecular complexity index is 1290. The van der Waals surface area contributed by atoms with Crippen molar-refractivity contribution in [2.24, 2.45) is 0 Å². The van der Waals surface area contributed by atoms with Gasteiger partial charge in [-0.05, 0) is 24.6 Å². The van der Waals surface area contributed by atoms with Gasteiger partial charge in [-0.15, -0.1) is 0 Å². The zero-order valence-electron chi connectivity index (χ0n) is 18.9. The summed E-state index contributed by atoms with van der Waals surface area (Å²) in [6.45, 7) is 6.16. The highest BCUT2D eigenvalue weighted by Gasteiger charge is 2.16. The Balaban J connectivity index is 0.00000103. The number of hydrogen-bond donors (Lipinski definition) is 2. The van der Waals surface area contributed by atoms with Gasteiger partial charge in [0.1, 0.15) is 43.2 Å². The lowest BCUT2D eigenvalue weighted by Crippen LogP contribution is -2.08. The molecule has 12 heteroatoms. The van der Waals surface area contributed by atoms with Gasteiger partial charge in [-0.25, -0.2) is 19.3 Å². The zero-order chi connectivity index (χ0) is 26.0. The van der Waals surface area contributed by atoms with Crippen LogP contribution in [0.25, 0.3) is 11.0 Å². The molecule has 0 bridgehead atoms. The number of hydrogen-bond acceptors (Lipinski definition) is 8. The van der Waals surface area contributed by atoms with Gasteiger partial charge in [-0.1, -0.05) is 23.2 Å². The summed E-state index contributed by atoms with van der Waals surface area (Å²) in [5.41, 5.74) is 2.69. The molecule has 35 heavy (non-hydrogen) atoms. The largest absolute Gasteiger partial charge is 0.487 e. The monoisotopic (exact) mass is 521 g/mol. The number of carbonyl (C=O) groups excluding carboxylic acids is 2. The fourth-order valence-electron chi connectivity index (χ4n) is 3.07. The van der Waals surface area contributed by atoms with Crippen LogP contribution in [0.4, 0.5) is 10.2 Å². The van der Waals surface area contributed by atoms with Gasteiger partial charge in [0.05, 0.1) is 29.5 Å². The lowest BCUT2D eigenvalue weighted by Gasteiger charge is -2.14. The van der Waals surface area contributed by atoms with Gasteiger partial charge in [-0.3, -0.25) is 0 Å². The smallest absolute Gasteiger partial charge is 0.218 e. The molecule has 4 rings (SSSR count). The van der Waals surface area contributed by atoms with Crippen molar-refractivity contribution in [2.75, 3.05) is 12.4 Å². The number of aryl methyl sites for hydroxylation is 1. The molecular formula is C23H22Cl2FN5O4. The third-order valence-electron chi connectivity index (χ3n) is 4.70.